The molecule has 2 rings (SSSR count). The van der Waals surface area contributed by atoms with Crippen molar-refractivity contribution >= 4 is 45.5 Å². The Labute approximate surface area is 93.1 Å². The van der Waals surface area contributed by atoms with Crippen LogP contribution in [0.15, 0.2) is 24.3 Å². The van der Waals surface area contributed by atoms with Crippen LogP contribution in [0.3, 0.4) is 0 Å². The van der Waals surface area contributed by atoms with Crippen LogP contribution in [0, 0.1) is 6.92 Å². The number of para-hydroxylation sites is 1. The van der Waals surface area contributed by atoms with E-state index >= 15 is 0 Å². The highest BCUT2D eigenvalue weighted by Crippen LogP contribution is 2.17. The molecule has 1 nitrogen and oxygen atoms in total. The second-order valence-electron chi connectivity index (χ2n) is 2.65. The molecular formula is C9H11INS+. The van der Waals surface area contributed by atoms with Gasteiger partial charge in [-0.1, -0.05) is 23.5 Å². The minimum Gasteiger partial charge on any atom is -0.189 e. The van der Waals surface area contributed by atoms with Crippen LogP contribution in [0.5, 0.6) is 0 Å². The number of nitrogens with zero attached hydrogens (tertiary/aromatic N) is 1. The van der Waals surface area contributed by atoms with Gasteiger partial charge in [-0.25, -0.2) is 0 Å². The predicted octanol–water partition coefficient (Wildman–Crippen LogP) is 2.65. The predicted molar refractivity (Wildman–Crippen MR) is 63.2 cm³/mol. The number of benzene rings is 1. The van der Waals surface area contributed by atoms with Crippen molar-refractivity contribution in [2.75, 3.05) is 0 Å². The fourth-order valence-electron chi connectivity index (χ4n) is 1.22. The summed E-state index contributed by atoms with van der Waals surface area (Å²) in [5.74, 6) is 0. The third-order valence-corrected chi connectivity index (χ3v) is 3.09. The largest absolute Gasteiger partial charge is 0.234 e. The van der Waals surface area contributed by atoms with Gasteiger partial charge < -0.3 is 0 Å². The van der Waals surface area contributed by atoms with E-state index < -0.39 is 0 Å². The van der Waals surface area contributed by atoms with Gasteiger partial charge in [0.25, 0.3) is 0 Å². The molecule has 1 aromatic heterocycles. The first-order chi connectivity index (χ1) is 5.29. The van der Waals surface area contributed by atoms with Crippen molar-refractivity contribution in [1.82, 2.24) is 0 Å². The third kappa shape index (κ3) is 1.47. The fourth-order valence-corrected chi connectivity index (χ4v) is 2.23. The summed E-state index contributed by atoms with van der Waals surface area (Å²) >= 11 is 1.84. The van der Waals surface area contributed by atoms with Crippen LogP contribution in [0.4, 0.5) is 0 Å². The van der Waals surface area contributed by atoms with Crippen LogP contribution >= 0.6 is 35.3 Å². The third-order valence-electron chi connectivity index (χ3n) is 1.96. The number of rotatable bonds is 0. The molecule has 0 bridgehead atoms. The number of aromatic nitrogens is 1. The van der Waals surface area contributed by atoms with Gasteiger partial charge in [-0.15, -0.1) is 24.0 Å². The Kier molecular flexibility index (Phi) is 3.06. The SMILES string of the molecule is Cc1sc2ccccc2[n+]1C.I. The Morgan fingerprint density at radius 1 is 1.25 bits per heavy atom. The minimum atomic E-state index is 0. The van der Waals surface area contributed by atoms with Gasteiger partial charge in [0.1, 0.15) is 11.7 Å². The van der Waals surface area contributed by atoms with Gasteiger partial charge in [-0.05, 0) is 6.07 Å². The Morgan fingerprint density at radius 3 is 2.58 bits per heavy atom. The number of fused-ring (bicyclic) bond motifs is 1. The van der Waals surface area contributed by atoms with Gasteiger partial charge in [-0.2, -0.15) is 4.57 Å². The summed E-state index contributed by atoms with van der Waals surface area (Å²) in [6.45, 7) is 2.14. The zero-order chi connectivity index (χ0) is 7.84. The van der Waals surface area contributed by atoms with Crippen LogP contribution in [-0.4, -0.2) is 0 Å². The minimum absolute atomic E-state index is 0. The van der Waals surface area contributed by atoms with Gasteiger partial charge in [0.2, 0.25) is 10.5 Å². The topological polar surface area (TPSA) is 3.88 Å². The van der Waals surface area contributed by atoms with E-state index in [1.807, 2.05) is 11.3 Å². The molecule has 12 heavy (non-hydrogen) atoms. The van der Waals surface area contributed by atoms with Crippen molar-refractivity contribution < 1.29 is 4.57 Å². The molecule has 0 atom stereocenters. The van der Waals surface area contributed by atoms with Gasteiger partial charge in [0.15, 0.2) is 0 Å². The second kappa shape index (κ2) is 3.70. The molecular weight excluding hydrogens is 281 g/mol. The zero-order valence-electron chi connectivity index (χ0n) is 7.07. The number of halogens is 1. The molecule has 0 unspecified atom stereocenters. The summed E-state index contributed by atoms with van der Waals surface area (Å²) in [4.78, 5) is 0. The first-order valence-corrected chi connectivity index (χ1v) is 4.45. The molecule has 0 spiro atoms. The van der Waals surface area contributed by atoms with E-state index in [0.29, 0.717) is 0 Å². The molecule has 0 fully saturated rings. The van der Waals surface area contributed by atoms with Gasteiger partial charge in [-0.3, -0.25) is 0 Å². The molecule has 64 valence electrons. The van der Waals surface area contributed by atoms with Crippen molar-refractivity contribution in [2.45, 2.75) is 6.92 Å². The summed E-state index contributed by atoms with van der Waals surface area (Å²) in [5, 5.41) is 1.35. The summed E-state index contributed by atoms with van der Waals surface area (Å²) in [5.41, 5.74) is 1.33. The first-order valence-electron chi connectivity index (χ1n) is 3.63. The monoisotopic (exact) mass is 292 g/mol. The van der Waals surface area contributed by atoms with E-state index in [0.717, 1.165) is 0 Å². The van der Waals surface area contributed by atoms with Crippen molar-refractivity contribution in [3.63, 3.8) is 0 Å². The molecule has 0 saturated carbocycles. The second-order valence-corrected chi connectivity index (χ2v) is 3.88. The van der Waals surface area contributed by atoms with Crippen LogP contribution in [0.2, 0.25) is 0 Å². The standard InChI is InChI=1S/C9H10NS.HI/c1-7-10(2)8-5-3-4-6-9(8)11-7;/h3-6H,1-2H3;1H/q+1;. The van der Waals surface area contributed by atoms with Crippen molar-refractivity contribution in [3.05, 3.63) is 29.3 Å². The highest BCUT2D eigenvalue weighted by Gasteiger charge is 2.10. The molecule has 0 saturated heterocycles. The lowest BCUT2D eigenvalue weighted by Gasteiger charge is -1.82. The molecule has 0 aliphatic rings. The van der Waals surface area contributed by atoms with E-state index in [1.165, 1.54) is 15.2 Å². The van der Waals surface area contributed by atoms with Crippen molar-refractivity contribution in [1.29, 1.82) is 0 Å². The number of hydrogen-bond acceptors (Lipinski definition) is 1. The highest BCUT2D eigenvalue weighted by atomic mass is 127. The lowest BCUT2D eigenvalue weighted by Crippen LogP contribution is -2.28. The van der Waals surface area contributed by atoms with Gasteiger partial charge in [0.05, 0.1) is 0 Å². The average Bonchev–Trinajstić information content (AvgIpc) is 2.30. The maximum Gasteiger partial charge on any atom is 0.234 e. The van der Waals surface area contributed by atoms with Crippen LogP contribution < -0.4 is 4.57 Å². The average molecular weight is 292 g/mol. The molecule has 0 radical (unpaired) electrons. The van der Waals surface area contributed by atoms with Crippen LogP contribution in [0.25, 0.3) is 10.2 Å². The lowest BCUT2D eigenvalue weighted by molar-refractivity contribution is -0.646. The van der Waals surface area contributed by atoms with E-state index in [1.54, 1.807) is 0 Å². The van der Waals surface area contributed by atoms with E-state index in [9.17, 15) is 0 Å². The summed E-state index contributed by atoms with van der Waals surface area (Å²) in [7, 11) is 2.11. The first kappa shape index (κ1) is 9.92. The van der Waals surface area contributed by atoms with Crippen molar-refractivity contribution in [2.24, 2.45) is 7.05 Å². The lowest BCUT2D eigenvalue weighted by atomic mass is 10.3. The number of hydrogen-bond donors (Lipinski definition) is 0. The maximum atomic E-state index is 2.22. The molecule has 1 aromatic carbocycles. The summed E-state index contributed by atoms with van der Waals surface area (Å²) in [6.07, 6.45) is 0. The quantitative estimate of drug-likeness (QED) is 0.519. The summed E-state index contributed by atoms with van der Waals surface area (Å²) < 4.78 is 3.59. The van der Waals surface area contributed by atoms with Crippen LogP contribution in [-0.2, 0) is 7.05 Å². The normalized spacial score (nSPS) is 9.83. The smallest absolute Gasteiger partial charge is 0.189 e. The number of thiazole rings is 1. The van der Waals surface area contributed by atoms with E-state index in [-0.39, 0.29) is 24.0 Å². The number of aryl methyl sites for hydroxylation is 2. The molecule has 0 amide bonds. The summed E-state index contributed by atoms with van der Waals surface area (Å²) in [6, 6.07) is 8.47. The molecule has 0 aliphatic carbocycles. The molecule has 1 heterocycles. The van der Waals surface area contributed by atoms with E-state index in [4.69, 9.17) is 0 Å². The Hall–Kier alpha value is -0.160. The Bertz CT molecular complexity index is 394. The van der Waals surface area contributed by atoms with Crippen molar-refractivity contribution in [3.8, 4) is 0 Å². The fraction of sp³-hybridized carbons (Fsp3) is 0.222. The Balaban J connectivity index is 0.000000720. The molecule has 2 aromatic rings. The molecule has 0 N–H and O–H groups in total. The highest BCUT2D eigenvalue weighted by molar-refractivity contribution is 14.0. The van der Waals surface area contributed by atoms with Gasteiger partial charge >= 0.3 is 0 Å². The zero-order valence-corrected chi connectivity index (χ0v) is 10.2. The molecule has 3 heteroatoms. The van der Waals surface area contributed by atoms with E-state index in [2.05, 4.69) is 42.8 Å². The maximum absolute atomic E-state index is 2.22. The van der Waals surface area contributed by atoms with Gasteiger partial charge in [0, 0.05) is 13.0 Å². The molecule has 0 aliphatic heterocycles. The van der Waals surface area contributed by atoms with Crippen LogP contribution in [0.1, 0.15) is 5.01 Å². The Morgan fingerprint density at radius 2 is 1.92 bits per heavy atom.